The molecule has 2 aliphatic heterocycles. The zero-order valence-corrected chi connectivity index (χ0v) is 8.09. The number of carbonyl (C=O) groups excluding carboxylic acids is 2. The molecule has 2 rings (SSSR count). The van der Waals surface area contributed by atoms with E-state index in [-0.39, 0.29) is 11.8 Å². The minimum Gasteiger partial charge on any atom is -0.273 e. The summed E-state index contributed by atoms with van der Waals surface area (Å²) in [5.74, 6) is -0.924. The number of carbonyl (C=O) groups is 2. The Kier molecular flexibility index (Phi) is 2.33. The van der Waals surface area contributed by atoms with E-state index in [2.05, 4.69) is 11.6 Å². The first-order valence-corrected chi connectivity index (χ1v) is 4.65. The molecule has 15 heavy (non-hydrogen) atoms. The lowest BCUT2D eigenvalue weighted by Gasteiger charge is -2.27. The Morgan fingerprint density at radius 3 is 3.00 bits per heavy atom. The van der Waals surface area contributed by atoms with E-state index in [9.17, 15) is 9.59 Å². The third-order valence-electron chi connectivity index (χ3n) is 2.30. The summed E-state index contributed by atoms with van der Waals surface area (Å²) < 4.78 is 0. The number of amidine groups is 1. The molecule has 0 aromatic rings. The van der Waals surface area contributed by atoms with Gasteiger partial charge in [0.25, 0.3) is 5.91 Å². The maximum absolute atomic E-state index is 11.9. The summed E-state index contributed by atoms with van der Waals surface area (Å²) in [4.78, 5) is 28.6. The predicted octanol–water partition coefficient (Wildman–Crippen LogP) is 1.03. The van der Waals surface area contributed by atoms with Crippen molar-refractivity contribution < 1.29 is 9.59 Å². The van der Waals surface area contributed by atoms with Crippen molar-refractivity contribution in [2.75, 3.05) is 0 Å². The van der Waals surface area contributed by atoms with Crippen molar-refractivity contribution in [1.29, 1.82) is 0 Å². The van der Waals surface area contributed by atoms with Crippen LogP contribution in [0, 0.1) is 5.92 Å². The van der Waals surface area contributed by atoms with Gasteiger partial charge in [-0.25, -0.2) is 0 Å². The van der Waals surface area contributed by atoms with Gasteiger partial charge in [-0.1, -0.05) is 12.2 Å². The van der Waals surface area contributed by atoms with Crippen LogP contribution in [0.4, 0.5) is 0 Å². The lowest BCUT2D eigenvalue weighted by molar-refractivity contribution is -0.137. The van der Waals surface area contributed by atoms with Gasteiger partial charge in [0.1, 0.15) is 11.8 Å². The van der Waals surface area contributed by atoms with Crippen LogP contribution in [0.25, 0.3) is 0 Å². The maximum atomic E-state index is 11.9. The maximum Gasteiger partial charge on any atom is 0.260 e. The van der Waals surface area contributed by atoms with Gasteiger partial charge >= 0.3 is 0 Å². The van der Waals surface area contributed by atoms with E-state index in [0.29, 0.717) is 12.3 Å². The summed E-state index contributed by atoms with van der Waals surface area (Å²) in [5, 5.41) is 0. The molecule has 0 N–H and O–H groups in total. The minimum absolute atomic E-state index is 0.231. The van der Waals surface area contributed by atoms with Crippen LogP contribution in [0.15, 0.2) is 42.1 Å². The molecule has 4 heteroatoms. The number of allylic oxidation sites excluding steroid dienone is 3. The molecular formula is C11H10N2O2. The van der Waals surface area contributed by atoms with Gasteiger partial charge in [-0.05, 0) is 18.6 Å². The average Bonchev–Trinajstić information content (AvgIpc) is 2.24. The van der Waals surface area contributed by atoms with Gasteiger partial charge in [-0.3, -0.25) is 14.5 Å². The van der Waals surface area contributed by atoms with Crippen LogP contribution < -0.4 is 0 Å². The number of rotatable bonds is 2. The van der Waals surface area contributed by atoms with E-state index in [1.807, 2.05) is 0 Å². The Morgan fingerprint density at radius 1 is 1.47 bits per heavy atom. The first kappa shape index (κ1) is 9.58. The highest BCUT2D eigenvalue weighted by atomic mass is 16.2. The summed E-state index contributed by atoms with van der Waals surface area (Å²) in [6, 6.07) is 0. The number of amides is 2. The Balaban J connectivity index is 2.36. The van der Waals surface area contributed by atoms with Gasteiger partial charge in [0.2, 0.25) is 5.91 Å². The SMILES string of the molecule is C=CCC1C(=O)N=C2C=CC=CN2C1=O. The molecule has 1 atom stereocenters. The van der Waals surface area contributed by atoms with Crippen LogP contribution in [0.3, 0.4) is 0 Å². The van der Waals surface area contributed by atoms with E-state index in [1.165, 1.54) is 4.90 Å². The second kappa shape index (κ2) is 3.65. The normalized spacial score (nSPS) is 23.9. The van der Waals surface area contributed by atoms with Crippen LogP contribution in [0.1, 0.15) is 6.42 Å². The van der Waals surface area contributed by atoms with E-state index in [1.54, 1.807) is 30.5 Å². The van der Waals surface area contributed by atoms with Gasteiger partial charge in [-0.15, -0.1) is 6.58 Å². The van der Waals surface area contributed by atoms with Crippen molar-refractivity contribution >= 4 is 17.6 Å². The predicted molar refractivity (Wildman–Crippen MR) is 55.9 cm³/mol. The summed E-state index contributed by atoms with van der Waals surface area (Å²) in [7, 11) is 0. The van der Waals surface area contributed by atoms with E-state index in [0.717, 1.165) is 0 Å². The van der Waals surface area contributed by atoms with Crippen molar-refractivity contribution in [3.8, 4) is 0 Å². The van der Waals surface area contributed by atoms with E-state index >= 15 is 0 Å². The van der Waals surface area contributed by atoms with Gasteiger partial charge < -0.3 is 0 Å². The quantitative estimate of drug-likeness (QED) is 0.496. The molecule has 2 heterocycles. The summed E-state index contributed by atoms with van der Waals surface area (Å²) in [6.45, 7) is 3.52. The molecule has 0 fully saturated rings. The monoisotopic (exact) mass is 202 g/mol. The molecule has 4 nitrogen and oxygen atoms in total. The van der Waals surface area contributed by atoms with Crippen molar-refractivity contribution in [3.05, 3.63) is 37.1 Å². The molecule has 0 bridgehead atoms. The molecule has 0 aromatic heterocycles. The molecule has 0 aliphatic carbocycles. The molecule has 0 aromatic carbocycles. The largest absolute Gasteiger partial charge is 0.273 e. The van der Waals surface area contributed by atoms with E-state index < -0.39 is 5.92 Å². The number of fused-ring (bicyclic) bond motifs is 1. The highest BCUT2D eigenvalue weighted by Crippen LogP contribution is 2.19. The lowest BCUT2D eigenvalue weighted by atomic mass is 10.0. The van der Waals surface area contributed by atoms with Crippen LogP contribution in [0.5, 0.6) is 0 Å². The average molecular weight is 202 g/mol. The molecule has 0 saturated heterocycles. The fourth-order valence-corrected chi connectivity index (χ4v) is 1.54. The molecule has 2 amide bonds. The number of nitrogens with zero attached hydrogens (tertiary/aromatic N) is 2. The Labute approximate surface area is 87.3 Å². The van der Waals surface area contributed by atoms with Crippen LogP contribution in [0.2, 0.25) is 0 Å². The van der Waals surface area contributed by atoms with E-state index in [4.69, 9.17) is 0 Å². The second-order valence-corrected chi connectivity index (χ2v) is 3.29. The molecule has 0 spiro atoms. The highest BCUT2D eigenvalue weighted by Gasteiger charge is 2.35. The third-order valence-corrected chi connectivity index (χ3v) is 2.30. The van der Waals surface area contributed by atoms with Gasteiger partial charge in [-0.2, -0.15) is 4.99 Å². The fraction of sp³-hybridized carbons (Fsp3) is 0.182. The molecule has 0 radical (unpaired) electrons. The zero-order valence-electron chi connectivity index (χ0n) is 8.09. The molecule has 0 saturated carbocycles. The molecular weight excluding hydrogens is 192 g/mol. The van der Waals surface area contributed by atoms with Crippen LogP contribution >= 0.6 is 0 Å². The smallest absolute Gasteiger partial charge is 0.260 e. The summed E-state index contributed by atoms with van der Waals surface area (Å²) >= 11 is 0. The van der Waals surface area contributed by atoms with Crippen LogP contribution in [-0.2, 0) is 9.59 Å². The summed E-state index contributed by atoms with van der Waals surface area (Å²) in [5.41, 5.74) is 0. The van der Waals surface area contributed by atoms with Gasteiger partial charge in [0, 0.05) is 6.20 Å². The topological polar surface area (TPSA) is 49.7 Å². The zero-order chi connectivity index (χ0) is 10.8. The standard InChI is InChI=1S/C11H10N2O2/c1-2-5-8-10(14)12-9-6-3-4-7-13(9)11(8)15/h2-4,6-8H,1,5H2. The first-order valence-electron chi connectivity index (χ1n) is 4.65. The fourth-order valence-electron chi connectivity index (χ4n) is 1.54. The number of hydrogen-bond acceptors (Lipinski definition) is 2. The van der Waals surface area contributed by atoms with Crippen molar-refractivity contribution in [3.63, 3.8) is 0 Å². The lowest BCUT2D eigenvalue weighted by Crippen LogP contribution is -2.44. The Morgan fingerprint density at radius 2 is 2.27 bits per heavy atom. The Hall–Kier alpha value is -1.97. The van der Waals surface area contributed by atoms with Crippen molar-refractivity contribution in [1.82, 2.24) is 4.90 Å². The molecule has 2 aliphatic rings. The number of hydrogen-bond donors (Lipinski definition) is 0. The van der Waals surface area contributed by atoms with Crippen molar-refractivity contribution in [2.24, 2.45) is 10.9 Å². The Bertz CT molecular complexity index is 418. The highest BCUT2D eigenvalue weighted by molar-refractivity contribution is 6.19. The van der Waals surface area contributed by atoms with Crippen LogP contribution in [-0.4, -0.2) is 22.5 Å². The summed E-state index contributed by atoms with van der Waals surface area (Å²) in [6.07, 6.45) is 8.62. The van der Waals surface area contributed by atoms with Gasteiger partial charge in [0.15, 0.2) is 0 Å². The number of aliphatic imine (C=N–C) groups is 1. The minimum atomic E-state index is -0.706. The molecule has 76 valence electrons. The second-order valence-electron chi connectivity index (χ2n) is 3.29. The van der Waals surface area contributed by atoms with Gasteiger partial charge in [0.05, 0.1) is 0 Å². The molecule has 1 unspecified atom stereocenters. The third kappa shape index (κ3) is 1.54. The van der Waals surface area contributed by atoms with Crippen molar-refractivity contribution in [2.45, 2.75) is 6.42 Å². The first-order chi connectivity index (χ1) is 7.24.